The predicted molar refractivity (Wildman–Crippen MR) is 58.3 cm³/mol. The van der Waals surface area contributed by atoms with Crippen molar-refractivity contribution in [3.05, 3.63) is 34.4 Å². The standard InChI is InChI=1S/C8H11N2O5P/c1-14-16(13,15-2)9-7-4-3-5-8(6-7)10(11)12/h3-6H,1-2H3,(H,9,13). The predicted octanol–water partition coefficient (Wildman–Crippen LogP) is 2.41. The molecule has 0 amide bonds. The number of hydrogen-bond acceptors (Lipinski definition) is 5. The van der Waals surface area contributed by atoms with Gasteiger partial charge in [0, 0.05) is 26.4 Å². The number of rotatable bonds is 5. The first kappa shape index (κ1) is 12.6. The molecule has 0 radical (unpaired) electrons. The van der Waals surface area contributed by atoms with E-state index in [1.54, 1.807) is 0 Å². The first-order valence-corrected chi connectivity index (χ1v) is 5.79. The molecule has 0 saturated carbocycles. The van der Waals surface area contributed by atoms with Crippen LogP contribution in [0.4, 0.5) is 11.4 Å². The number of anilines is 1. The van der Waals surface area contributed by atoms with E-state index in [0.717, 1.165) is 0 Å². The Balaban J connectivity index is 2.93. The van der Waals surface area contributed by atoms with E-state index >= 15 is 0 Å². The summed E-state index contributed by atoms with van der Waals surface area (Å²) in [6.45, 7) is 0. The average molecular weight is 246 g/mol. The van der Waals surface area contributed by atoms with Crippen molar-refractivity contribution < 1.29 is 18.5 Å². The number of hydrogen-bond donors (Lipinski definition) is 1. The maximum Gasteiger partial charge on any atom is 0.432 e. The fraction of sp³-hybridized carbons (Fsp3) is 0.250. The molecule has 8 heteroatoms. The third-order valence-electron chi connectivity index (χ3n) is 1.80. The molecule has 7 nitrogen and oxygen atoms in total. The van der Waals surface area contributed by atoms with Gasteiger partial charge in [0.25, 0.3) is 5.69 Å². The van der Waals surface area contributed by atoms with Gasteiger partial charge in [-0.05, 0) is 6.07 Å². The van der Waals surface area contributed by atoms with Crippen LogP contribution in [0.3, 0.4) is 0 Å². The van der Waals surface area contributed by atoms with Crippen LogP contribution in [-0.2, 0) is 13.6 Å². The van der Waals surface area contributed by atoms with Crippen LogP contribution >= 0.6 is 7.75 Å². The van der Waals surface area contributed by atoms with E-state index in [9.17, 15) is 14.7 Å². The van der Waals surface area contributed by atoms with E-state index in [4.69, 9.17) is 0 Å². The third kappa shape index (κ3) is 3.03. The van der Waals surface area contributed by atoms with Crippen LogP contribution in [0.5, 0.6) is 0 Å². The van der Waals surface area contributed by atoms with Crippen LogP contribution in [0.2, 0.25) is 0 Å². The van der Waals surface area contributed by atoms with Crippen LogP contribution < -0.4 is 5.09 Å². The number of benzene rings is 1. The van der Waals surface area contributed by atoms with Crippen molar-refractivity contribution in [1.82, 2.24) is 0 Å². The summed E-state index contributed by atoms with van der Waals surface area (Å²) in [6, 6.07) is 5.56. The zero-order valence-electron chi connectivity index (χ0n) is 8.75. The molecule has 1 aromatic rings. The summed E-state index contributed by atoms with van der Waals surface area (Å²) >= 11 is 0. The van der Waals surface area contributed by atoms with Gasteiger partial charge in [0.15, 0.2) is 0 Å². The molecule has 1 N–H and O–H groups in total. The summed E-state index contributed by atoms with van der Waals surface area (Å²) in [5, 5.41) is 13.0. The molecular weight excluding hydrogens is 235 g/mol. The molecule has 16 heavy (non-hydrogen) atoms. The molecule has 88 valence electrons. The van der Waals surface area contributed by atoms with E-state index in [1.807, 2.05) is 0 Å². The minimum absolute atomic E-state index is 0.108. The molecule has 0 fully saturated rings. The summed E-state index contributed by atoms with van der Waals surface area (Å²) in [5.74, 6) is 0. The third-order valence-corrected chi connectivity index (χ3v) is 3.30. The Morgan fingerprint density at radius 1 is 1.38 bits per heavy atom. The van der Waals surface area contributed by atoms with Gasteiger partial charge in [0.05, 0.1) is 10.6 Å². The van der Waals surface area contributed by atoms with Gasteiger partial charge in [-0.2, -0.15) is 0 Å². The zero-order valence-corrected chi connectivity index (χ0v) is 9.64. The first-order chi connectivity index (χ1) is 7.50. The Labute approximate surface area is 92.1 Å². The molecule has 0 bridgehead atoms. The highest BCUT2D eigenvalue weighted by atomic mass is 31.2. The van der Waals surface area contributed by atoms with Crippen molar-refractivity contribution in [3.8, 4) is 0 Å². The molecule has 0 saturated heterocycles. The molecule has 0 heterocycles. The van der Waals surface area contributed by atoms with Crippen LogP contribution in [0.1, 0.15) is 0 Å². The van der Waals surface area contributed by atoms with Crippen molar-refractivity contribution in [3.63, 3.8) is 0 Å². The number of non-ortho nitro benzene ring substituents is 1. The van der Waals surface area contributed by atoms with Gasteiger partial charge in [0.1, 0.15) is 0 Å². The first-order valence-electron chi connectivity index (χ1n) is 4.25. The summed E-state index contributed by atoms with van der Waals surface area (Å²) in [4.78, 5) is 9.96. The van der Waals surface area contributed by atoms with Gasteiger partial charge in [-0.15, -0.1) is 0 Å². The Morgan fingerprint density at radius 3 is 2.50 bits per heavy atom. The van der Waals surface area contributed by atoms with Gasteiger partial charge in [0.2, 0.25) is 0 Å². The molecule has 0 unspecified atom stereocenters. The Hall–Kier alpha value is -1.43. The molecule has 1 rings (SSSR count). The zero-order chi connectivity index (χ0) is 12.2. The monoisotopic (exact) mass is 246 g/mol. The molecule has 0 aromatic heterocycles. The van der Waals surface area contributed by atoms with Crippen LogP contribution in [0.25, 0.3) is 0 Å². The highest BCUT2D eigenvalue weighted by Crippen LogP contribution is 2.46. The number of nitro benzene ring substituents is 1. The topological polar surface area (TPSA) is 90.7 Å². The highest BCUT2D eigenvalue weighted by molar-refractivity contribution is 7.55. The molecule has 0 aliphatic carbocycles. The van der Waals surface area contributed by atoms with E-state index in [-0.39, 0.29) is 5.69 Å². The number of nitrogens with zero attached hydrogens (tertiary/aromatic N) is 1. The lowest BCUT2D eigenvalue weighted by Crippen LogP contribution is -2.01. The average Bonchev–Trinajstić information content (AvgIpc) is 2.29. The quantitative estimate of drug-likeness (QED) is 0.487. The second-order valence-electron chi connectivity index (χ2n) is 2.78. The van der Waals surface area contributed by atoms with Crippen LogP contribution in [0.15, 0.2) is 24.3 Å². The van der Waals surface area contributed by atoms with E-state index < -0.39 is 12.7 Å². The smallest absolute Gasteiger partial charge is 0.296 e. The van der Waals surface area contributed by atoms with Crippen molar-refractivity contribution in [2.75, 3.05) is 19.3 Å². The van der Waals surface area contributed by atoms with Crippen LogP contribution in [0, 0.1) is 10.1 Å². The normalized spacial score (nSPS) is 11.1. The molecule has 1 aromatic carbocycles. The SMILES string of the molecule is COP(=O)(Nc1cccc([N+](=O)[O-])c1)OC. The van der Waals surface area contributed by atoms with Crippen molar-refractivity contribution in [2.45, 2.75) is 0 Å². The van der Waals surface area contributed by atoms with E-state index in [0.29, 0.717) is 5.69 Å². The fourth-order valence-electron chi connectivity index (χ4n) is 1.01. The van der Waals surface area contributed by atoms with Crippen molar-refractivity contribution in [1.29, 1.82) is 0 Å². The summed E-state index contributed by atoms with van der Waals surface area (Å²) in [5.41, 5.74) is 0.185. The Morgan fingerprint density at radius 2 is 2.00 bits per heavy atom. The van der Waals surface area contributed by atoms with Gasteiger partial charge < -0.3 is 0 Å². The van der Waals surface area contributed by atoms with E-state index in [1.165, 1.54) is 38.5 Å². The van der Waals surface area contributed by atoms with Gasteiger partial charge in [-0.3, -0.25) is 24.2 Å². The van der Waals surface area contributed by atoms with Gasteiger partial charge in [-0.25, -0.2) is 4.57 Å². The molecule has 0 spiro atoms. The fourth-order valence-corrected chi connectivity index (χ4v) is 1.80. The number of nitro groups is 1. The second kappa shape index (κ2) is 5.07. The van der Waals surface area contributed by atoms with Crippen molar-refractivity contribution in [2.24, 2.45) is 0 Å². The Kier molecular flexibility index (Phi) is 4.00. The maximum atomic E-state index is 11.7. The largest absolute Gasteiger partial charge is 0.432 e. The van der Waals surface area contributed by atoms with Gasteiger partial charge >= 0.3 is 7.75 Å². The van der Waals surface area contributed by atoms with Gasteiger partial charge in [-0.1, -0.05) is 6.07 Å². The molecule has 0 atom stereocenters. The maximum absolute atomic E-state index is 11.7. The number of nitrogens with one attached hydrogen (secondary N) is 1. The minimum atomic E-state index is -3.43. The molecule has 0 aliphatic rings. The summed E-state index contributed by atoms with van der Waals surface area (Å²) in [7, 11) is -0.992. The lowest BCUT2D eigenvalue weighted by Gasteiger charge is -2.15. The molecular formula is C8H11N2O5P. The summed E-state index contributed by atoms with van der Waals surface area (Å²) < 4.78 is 21.0. The van der Waals surface area contributed by atoms with E-state index in [2.05, 4.69) is 14.1 Å². The lowest BCUT2D eigenvalue weighted by molar-refractivity contribution is -0.384. The summed E-state index contributed by atoms with van der Waals surface area (Å²) in [6.07, 6.45) is 0. The second-order valence-corrected chi connectivity index (χ2v) is 4.73. The van der Waals surface area contributed by atoms with Crippen LogP contribution in [-0.4, -0.2) is 19.1 Å². The van der Waals surface area contributed by atoms with Crippen molar-refractivity contribution >= 4 is 19.1 Å². The highest BCUT2D eigenvalue weighted by Gasteiger charge is 2.21. The lowest BCUT2D eigenvalue weighted by atomic mass is 10.3. The Bertz CT molecular complexity index is 428. The molecule has 0 aliphatic heterocycles. The minimum Gasteiger partial charge on any atom is -0.296 e.